The van der Waals surface area contributed by atoms with Crippen LogP contribution in [-0.4, -0.2) is 19.2 Å². The molecule has 7 heteroatoms. The molecule has 1 unspecified atom stereocenters. The summed E-state index contributed by atoms with van der Waals surface area (Å²) in [6, 6.07) is 7.38. The van der Waals surface area contributed by atoms with Crippen LogP contribution in [0.4, 0.5) is 0 Å². The van der Waals surface area contributed by atoms with Crippen LogP contribution >= 0.6 is 0 Å². The second-order valence-corrected chi connectivity index (χ2v) is 3.08. The standard InChI is InChI=1S/C9H12N6O/c1-16-7-4-2-6(3-5-7)8-12-14-9(11-10)15-13-8/h2-5,9,11,14H,10H2,1H3/i10+1,11+1. The maximum Gasteiger partial charge on any atom is 0.220 e. The van der Waals surface area contributed by atoms with E-state index in [9.17, 15) is 0 Å². The minimum atomic E-state index is -0.470. The monoisotopic (exact) mass is 222 g/mol. The second kappa shape index (κ2) is 4.69. The lowest BCUT2D eigenvalue weighted by Gasteiger charge is -2.14. The SMILES string of the molecule is COc1ccc(C2=NNC([15NH][15NH2])N=N2)cc1. The van der Waals surface area contributed by atoms with Crippen molar-refractivity contribution in [2.75, 3.05) is 7.11 Å². The Labute approximate surface area is 92.4 Å². The van der Waals surface area contributed by atoms with Gasteiger partial charge in [0.1, 0.15) is 5.75 Å². The van der Waals surface area contributed by atoms with Crippen LogP contribution in [0.2, 0.25) is 0 Å². The van der Waals surface area contributed by atoms with Crippen molar-refractivity contribution in [3.05, 3.63) is 29.8 Å². The van der Waals surface area contributed by atoms with Crippen molar-refractivity contribution in [1.82, 2.24) is 10.9 Å². The Kier molecular flexibility index (Phi) is 3.08. The molecule has 1 aliphatic rings. The third kappa shape index (κ3) is 2.15. The topological polar surface area (TPSA) is 96.4 Å². The number of rotatable bonds is 3. The van der Waals surface area contributed by atoms with Crippen molar-refractivity contribution in [3.8, 4) is 5.75 Å². The van der Waals surface area contributed by atoms with Gasteiger partial charge in [-0.3, -0.25) is 11.3 Å². The number of methoxy groups -OCH3 is 1. The molecule has 16 heavy (non-hydrogen) atoms. The Morgan fingerprint density at radius 3 is 2.62 bits per heavy atom. The quantitative estimate of drug-likeness (QED) is 0.385. The number of ether oxygens (including phenoxy) is 1. The van der Waals surface area contributed by atoms with Gasteiger partial charge in [-0.15, -0.1) is 10.2 Å². The lowest BCUT2D eigenvalue weighted by molar-refractivity contribution is 0.414. The van der Waals surface area contributed by atoms with Crippen LogP contribution in [0.3, 0.4) is 0 Å². The van der Waals surface area contributed by atoms with E-state index in [1.807, 2.05) is 24.3 Å². The summed E-state index contributed by atoms with van der Waals surface area (Å²) in [6.07, 6.45) is -0.470. The number of hydrogen-bond donors (Lipinski definition) is 3. The molecule has 2 rings (SSSR count). The van der Waals surface area contributed by atoms with Crippen LogP contribution in [0.25, 0.3) is 0 Å². The van der Waals surface area contributed by atoms with Crippen LogP contribution in [0, 0.1) is 0 Å². The van der Waals surface area contributed by atoms with E-state index in [-0.39, 0.29) is 0 Å². The smallest absolute Gasteiger partial charge is 0.220 e. The highest BCUT2D eigenvalue weighted by Gasteiger charge is 2.10. The molecule has 84 valence electrons. The molecule has 1 atom stereocenters. The van der Waals surface area contributed by atoms with Crippen LogP contribution in [0.15, 0.2) is 39.6 Å². The number of azo groups is 1. The van der Waals surface area contributed by atoms with Crippen molar-refractivity contribution >= 4 is 5.84 Å². The zero-order valence-electron chi connectivity index (χ0n) is 8.71. The Balaban J connectivity index is 2.14. The van der Waals surface area contributed by atoms with Gasteiger partial charge in [0.25, 0.3) is 0 Å². The van der Waals surface area contributed by atoms with E-state index in [1.54, 1.807) is 7.11 Å². The maximum absolute atomic E-state index is 5.17. The third-order valence-corrected chi connectivity index (χ3v) is 2.07. The molecule has 0 aromatic heterocycles. The summed E-state index contributed by atoms with van der Waals surface area (Å²) in [5, 5.41) is 11.8. The predicted molar refractivity (Wildman–Crippen MR) is 58.6 cm³/mol. The van der Waals surface area contributed by atoms with E-state index in [1.165, 1.54) is 0 Å². The number of hydrogen-bond acceptors (Lipinski definition) is 7. The third-order valence-electron chi connectivity index (χ3n) is 2.07. The van der Waals surface area contributed by atoms with Gasteiger partial charge in [-0.05, 0) is 24.3 Å². The molecule has 4 N–H and O–H groups in total. The first-order chi connectivity index (χ1) is 7.83. The molecular formula is C9H12N6O. The maximum atomic E-state index is 5.17. The highest BCUT2D eigenvalue weighted by atomic mass is 16.5. The number of hydrazone groups is 1. The van der Waals surface area contributed by atoms with Crippen molar-refractivity contribution in [3.63, 3.8) is 0 Å². The molecular weight excluding hydrogens is 210 g/mol. The Hall–Kier alpha value is -1.99. The first kappa shape index (κ1) is 10.5. The molecule has 1 aromatic rings. The minimum Gasteiger partial charge on any atom is -0.497 e. The number of amidine groups is 1. The van der Waals surface area contributed by atoms with Gasteiger partial charge in [0.05, 0.1) is 7.11 Å². The van der Waals surface area contributed by atoms with Crippen molar-refractivity contribution in [2.45, 2.75) is 6.29 Å². The van der Waals surface area contributed by atoms with Crippen molar-refractivity contribution in [2.24, 2.45) is 21.2 Å². The average Bonchev–Trinajstić information content (AvgIpc) is 2.39. The van der Waals surface area contributed by atoms with E-state index < -0.39 is 6.29 Å². The molecule has 0 saturated heterocycles. The zero-order chi connectivity index (χ0) is 11.4. The van der Waals surface area contributed by atoms with Gasteiger partial charge in [-0.25, -0.2) is 5.43 Å². The molecule has 0 aliphatic carbocycles. The van der Waals surface area contributed by atoms with Crippen molar-refractivity contribution < 1.29 is 4.74 Å². The van der Waals surface area contributed by atoms with E-state index in [4.69, 9.17) is 10.6 Å². The lowest BCUT2D eigenvalue weighted by atomic mass is 10.2. The largest absolute Gasteiger partial charge is 0.497 e. The molecule has 0 spiro atoms. The van der Waals surface area contributed by atoms with Crippen LogP contribution in [-0.2, 0) is 0 Å². The number of nitrogens with two attached hydrogens (primary N) is 1. The molecule has 0 radical (unpaired) electrons. The first-order valence-electron chi connectivity index (χ1n) is 4.68. The molecule has 0 bridgehead atoms. The first-order valence-corrected chi connectivity index (χ1v) is 4.68. The molecule has 1 heterocycles. The second-order valence-electron chi connectivity index (χ2n) is 3.08. The van der Waals surface area contributed by atoms with E-state index in [0.717, 1.165) is 11.3 Å². The Morgan fingerprint density at radius 1 is 1.38 bits per heavy atom. The minimum absolute atomic E-state index is 0.470. The van der Waals surface area contributed by atoms with Gasteiger partial charge in [0.2, 0.25) is 12.1 Å². The molecule has 0 amide bonds. The van der Waals surface area contributed by atoms with Gasteiger partial charge in [-0.1, -0.05) is 0 Å². The number of nitrogens with one attached hydrogen (secondary N) is 2. The Bertz CT molecular complexity index is 413. The summed E-state index contributed by atoms with van der Waals surface area (Å²) in [5.74, 6) is 6.47. The van der Waals surface area contributed by atoms with Crippen LogP contribution in [0.5, 0.6) is 5.75 Å². The number of hydrazine groups is 1. The average molecular weight is 222 g/mol. The molecule has 0 fully saturated rings. The summed E-state index contributed by atoms with van der Waals surface area (Å²) in [4.78, 5) is 0. The lowest BCUT2D eigenvalue weighted by Crippen LogP contribution is -2.44. The summed E-state index contributed by atoms with van der Waals surface area (Å²) in [6.45, 7) is 0. The van der Waals surface area contributed by atoms with Crippen molar-refractivity contribution in [1.29, 1.82) is 0 Å². The summed E-state index contributed by atoms with van der Waals surface area (Å²) < 4.78 is 5.05. The highest BCUT2D eigenvalue weighted by molar-refractivity contribution is 5.99. The van der Waals surface area contributed by atoms with Gasteiger partial charge in [-0.2, -0.15) is 5.10 Å². The van der Waals surface area contributed by atoms with Crippen LogP contribution in [0.1, 0.15) is 5.56 Å². The normalized spacial score (nSPS) is 18.9. The number of benzene rings is 1. The van der Waals surface area contributed by atoms with Gasteiger partial charge < -0.3 is 4.74 Å². The van der Waals surface area contributed by atoms with Gasteiger partial charge >= 0.3 is 0 Å². The fourth-order valence-corrected chi connectivity index (χ4v) is 1.22. The predicted octanol–water partition coefficient (Wildman–Crippen LogP) is 0.159. The number of nitrogens with zero attached hydrogens (tertiary/aromatic N) is 3. The summed E-state index contributed by atoms with van der Waals surface area (Å²) in [7, 11) is 1.62. The van der Waals surface area contributed by atoms with Gasteiger partial charge in [0, 0.05) is 5.56 Å². The van der Waals surface area contributed by atoms with Gasteiger partial charge in [0.15, 0.2) is 0 Å². The molecule has 7 nitrogen and oxygen atoms in total. The van der Waals surface area contributed by atoms with E-state index in [0.29, 0.717) is 5.84 Å². The fourth-order valence-electron chi connectivity index (χ4n) is 1.22. The summed E-state index contributed by atoms with van der Waals surface area (Å²) in [5.41, 5.74) is 5.96. The highest BCUT2D eigenvalue weighted by Crippen LogP contribution is 2.13. The van der Waals surface area contributed by atoms with Crippen LogP contribution < -0.4 is 21.4 Å². The molecule has 1 aliphatic heterocycles. The zero-order valence-corrected chi connectivity index (χ0v) is 8.71. The van der Waals surface area contributed by atoms with E-state index in [2.05, 4.69) is 26.2 Å². The molecule has 1 aromatic carbocycles. The van der Waals surface area contributed by atoms with E-state index >= 15 is 0 Å². The Morgan fingerprint density at radius 2 is 2.12 bits per heavy atom. The molecule has 0 saturated carbocycles. The summed E-state index contributed by atoms with van der Waals surface area (Å²) >= 11 is 0. The fraction of sp³-hybridized carbons (Fsp3) is 0.222.